The zero-order valence-corrected chi connectivity index (χ0v) is 10.9. The van der Waals surface area contributed by atoms with Crippen LogP contribution in [0.15, 0.2) is 36.9 Å². The molecule has 3 nitrogen and oxygen atoms in total. The molecule has 0 heterocycles. The number of nitrogens with zero attached hydrogens (tertiary/aromatic N) is 1. The molecule has 0 radical (unpaired) electrons. The van der Waals surface area contributed by atoms with Gasteiger partial charge in [0, 0.05) is 25.7 Å². The summed E-state index contributed by atoms with van der Waals surface area (Å²) in [6.07, 6.45) is 2.89. The number of nitrogens with two attached hydrogens (primary N) is 1. The highest BCUT2D eigenvalue weighted by Crippen LogP contribution is 2.13. The van der Waals surface area contributed by atoms with E-state index < -0.39 is 0 Å². The average molecular weight is 255 g/mol. The molecule has 2 N–H and O–H groups in total. The van der Waals surface area contributed by atoms with Crippen molar-refractivity contribution >= 4 is 24.0 Å². The van der Waals surface area contributed by atoms with Crippen LogP contribution in [0.25, 0.3) is 0 Å². The first-order valence-electron chi connectivity index (χ1n) is 5.33. The van der Waals surface area contributed by atoms with Crippen LogP contribution in [0, 0.1) is 0 Å². The van der Waals surface area contributed by atoms with Crippen molar-refractivity contribution in [3.05, 3.63) is 42.5 Å². The average Bonchev–Trinajstić information content (AvgIpc) is 2.28. The molecule has 0 atom stereocenters. The number of anilines is 1. The molecule has 0 aromatic heterocycles. The van der Waals surface area contributed by atoms with E-state index in [2.05, 4.69) is 6.58 Å². The first-order chi connectivity index (χ1) is 7.65. The standard InChI is InChI=1S/C13H18N2O.ClH/c1-3-10-15(2)13(16)9-8-11-6-4-5-7-12(11)14;/h3-7H,1,8-10,14H2,2H3;1H. The Kier molecular flexibility index (Phi) is 7.06. The van der Waals surface area contributed by atoms with Gasteiger partial charge >= 0.3 is 0 Å². The van der Waals surface area contributed by atoms with Gasteiger partial charge in [0.25, 0.3) is 0 Å². The minimum Gasteiger partial charge on any atom is -0.399 e. The second-order valence-electron chi connectivity index (χ2n) is 3.76. The zero-order chi connectivity index (χ0) is 12.0. The van der Waals surface area contributed by atoms with E-state index in [0.717, 1.165) is 11.3 Å². The van der Waals surface area contributed by atoms with E-state index in [0.29, 0.717) is 19.4 Å². The van der Waals surface area contributed by atoms with Crippen LogP contribution in [-0.2, 0) is 11.2 Å². The lowest BCUT2D eigenvalue weighted by atomic mass is 10.1. The van der Waals surface area contributed by atoms with Crippen molar-refractivity contribution in [1.82, 2.24) is 4.90 Å². The first kappa shape index (κ1) is 15.5. The third-order valence-corrected chi connectivity index (χ3v) is 2.49. The van der Waals surface area contributed by atoms with Crippen LogP contribution >= 0.6 is 12.4 Å². The Morgan fingerprint density at radius 1 is 1.47 bits per heavy atom. The Labute approximate surface area is 109 Å². The van der Waals surface area contributed by atoms with Gasteiger partial charge in [-0.1, -0.05) is 24.3 Å². The molecule has 1 rings (SSSR count). The molecule has 0 unspecified atom stereocenters. The van der Waals surface area contributed by atoms with Crippen molar-refractivity contribution in [2.24, 2.45) is 0 Å². The number of hydrogen-bond donors (Lipinski definition) is 1. The Balaban J connectivity index is 0.00000256. The lowest BCUT2D eigenvalue weighted by molar-refractivity contribution is -0.129. The van der Waals surface area contributed by atoms with Crippen LogP contribution in [0.2, 0.25) is 0 Å². The summed E-state index contributed by atoms with van der Waals surface area (Å²) in [4.78, 5) is 13.3. The van der Waals surface area contributed by atoms with Gasteiger partial charge in [-0.2, -0.15) is 0 Å². The molecule has 0 aliphatic carbocycles. The zero-order valence-electron chi connectivity index (χ0n) is 10.1. The summed E-state index contributed by atoms with van der Waals surface area (Å²) >= 11 is 0. The van der Waals surface area contributed by atoms with Gasteiger partial charge in [-0.25, -0.2) is 0 Å². The van der Waals surface area contributed by atoms with Crippen LogP contribution in [0.1, 0.15) is 12.0 Å². The summed E-state index contributed by atoms with van der Waals surface area (Å²) in [7, 11) is 1.78. The minimum atomic E-state index is 0. The van der Waals surface area contributed by atoms with E-state index in [-0.39, 0.29) is 18.3 Å². The molecule has 17 heavy (non-hydrogen) atoms. The molecule has 0 fully saturated rings. The van der Waals surface area contributed by atoms with Gasteiger partial charge in [0.2, 0.25) is 5.91 Å². The van der Waals surface area contributed by atoms with Crippen LogP contribution in [0.4, 0.5) is 5.69 Å². The Bertz CT molecular complexity index is 379. The Hall–Kier alpha value is -1.48. The maximum Gasteiger partial charge on any atom is 0.222 e. The Morgan fingerprint density at radius 2 is 2.12 bits per heavy atom. The number of amides is 1. The normalized spacial score (nSPS) is 9.24. The summed E-state index contributed by atoms with van der Waals surface area (Å²) < 4.78 is 0. The fourth-order valence-electron chi connectivity index (χ4n) is 1.49. The van der Waals surface area contributed by atoms with Gasteiger partial charge in [-0.05, 0) is 18.1 Å². The molecule has 1 aromatic rings. The highest BCUT2D eigenvalue weighted by atomic mass is 35.5. The quantitative estimate of drug-likeness (QED) is 0.647. The lowest BCUT2D eigenvalue weighted by Crippen LogP contribution is -2.26. The van der Waals surface area contributed by atoms with Crippen molar-refractivity contribution < 1.29 is 4.79 Å². The van der Waals surface area contributed by atoms with Crippen molar-refractivity contribution in [3.8, 4) is 0 Å². The van der Waals surface area contributed by atoms with Gasteiger partial charge in [-0.3, -0.25) is 4.79 Å². The number of likely N-dealkylation sites (N-methyl/N-ethyl adjacent to an activating group) is 1. The number of rotatable bonds is 5. The first-order valence-corrected chi connectivity index (χ1v) is 5.33. The van der Waals surface area contributed by atoms with Gasteiger partial charge in [-0.15, -0.1) is 19.0 Å². The van der Waals surface area contributed by atoms with Crippen molar-refractivity contribution in [2.75, 3.05) is 19.3 Å². The van der Waals surface area contributed by atoms with Crippen molar-refractivity contribution in [2.45, 2.75) is 12.8 Å². The molecule has 0 spiro atoms. The number of carbonyl (C=O) groups excluding carboxylic acids is 1. The summed E-state index contributed by atoms with van der Waals surface area (Å²) in [5.41, 5.74) is 7.58. The highest BCUT2D eigenvalue weighted by Gasteiger charge is 2.07. The third kappa shape index (κ3) is 4.91. The van der Waals surface area contributed by atoms with E-state index in [9.17, 15) is 4.79 Å². The van der Waals surface area contributed by atoms with Crippen LogP contribution in [0.3, 0.4) is 0 Å². The predicted molar refractivity (Wildman–Crippen MR) is 74.3 cm³/mol. The Morgan fingerprint density at radius 3 is 2.71 bits per heavy atom. The van der Waals surface area contributed by atoms with Crippen molar-refractivity contribution in [3.63, 3.8) is 0 Å². The summed E-state index contributed by atoms with van der Waals surface area (Å²) in [5.74, 6) is 0.114. The molecule has 0 aliphatic rings. The SMILES string of the molecule is C=CCN(C)C(=O)CCc1ccccc1N.Cl. The van der Waals surface area contributed by atoms with Crippen molar-refractivity contribution in [1.29, 1.82) is 0 Å². The largest absolute Gasteiger partial charge is 0.399 e. The van der Waals surface area contributed by atoms with E-state index >= 15 is 0 Å². The topological polar surface area (TPSA) is 46.3 Å². The predicted octanol–water partition coefficient (Wildman–Crippen LogP) is 2.27. The van der Waals surface area contributed by atoms with E-state index in [1.54, 1.807) is 18.0 Å². The molecular formula is C13H19ClN2O. The second-order valence-corrected chi connectivity index (χ2v) is 3.76. The molecule has 1 aromatic carbocycles. The monoisotopic (exact) mass is 254 g/mol. The molecule has 0 aliphatic heterocycles. The lowest BCUT2D eigenvalue weighted by Gasteiger charge is -2.14. The molecule has 0 bridgehead atoms. The van der Waals surface area contributed by atoms with Gasteiger partial charge in [0.15, 0.2) is 0 Å². The molecule has 4 heteroatoms. The van der Waals surface area contributed by atoms with Gasteiger partial charge in [0.1, 0.15) is 0 Å². The number of nitrogen functional groups attached to an aromatic ring is 1. The number of halogens is 1. The maximum atomic E-state index is 11.7. The molecule has 1 amide bonds. The molecule has 0 saturated carbocycles. The van der Waals surface area contributed by atoms with Gasteiger partial charge in [0.05, 0.1) is 0 Å². The fraction of sp³-hybridized carbons (Fsp3) is 0.308. The summed E-state index contributed by atoms with van der Waals surface area (Å²) in [6, 6.07) is 7.64. The van der Waals surface area contributed by atoms with Gasteiger partial charge < -0.3 is 10.6 Å². The van der Waals surface area contributed by atoms with Crippen LogP contribution in [0.5, 0.6) is 0 Å². The summed E-state index contributed by atoms with van der Waals surface area (Å²) in [6.45, 7) is 4.19. The molecular weight excluding hydrogens is 236 g/mol. The number of aryl methyl sites for hydroxylation is 1. The van der Waals surface area contributed by atoms with Crippen LogP contribution in [-0.4, -0.2) is 24.4 Å². The smallest absolute Gasteiger partial charge is 0.222 e. The number of carbonyl (C=O) groups is 1. The van der Waals surface area contributed by atoms with E-state index in [1.807, 2.05) is 24.3 Å². The minimum absolute atomic E-state index is 0. The fourth-order valence-corrected chi connectivity index (χ4v) is 1.49. The maximum absolute atomic E-state index is 11.7. The third-order valence-electron chi connectivity index (χ3n) is 2.49. The second kappa shape index (κ2) is 7.74. The van der Waals surface area contributed by atoms with Crippen LogP contribution < -0.4 is 5.73 Å². The van der Waals surface area contributed by atoms with E-state index in [1.165, 1.54) is 0 Å². The summed E-state index contributed by atoms with van der Waals surface area (Å²) in [5, 5.41) is 0. The number of para-hydroxylation sites is 1. The number of benzene rings is 1. The molecule has 0 saturated heterocycles. The number of hydrogen-bond acceptors (Lipinski definition) is 2. The highest BCUT2D eigenvalue weighted by molar-refractivity contribution is 5.85. The molecule has 94 valence electrons. The van der Waals surface area contributed by atoms with E-state index in [4.69, 9.17) is 5.73 Å².